The van der Waals surface area contributed by atoms with E-state index in [-0.39, 0.29) is 23.8 Å². The van der Waals surface area contributed by atoms with Crippen LogP contribution in [0, 0.1) is 11.8 Å². The first-order chi connectivity index (χ1) is 15.1. The highest BCUT2D eigenvalue weighted by Crippen LogP contribution is 2.49. The van der Waals surface area contributed by atoms with Gasteiger partial charge in [-0.15, -0.1) is 11.3 Å². The van der Waals surface area contributed by atoms with Crippen LogP contribution in [0.25, 0.3) is 0 Å². The summed E-state index contributed by atoms with van der Waals surface area (Å²) in [5.74, 6) is -2.23. The average molecular weight is 523 g/mol. The summed E-state index contributed by atoms with van der Waals surface area (Å²) < 4.78 is 104. The Morgan fingerprint density at radius 1 is 0.912 bits per heavy atom. The molecular formula is C23H33F7O3S. The molecule has 4 N–H and O–H groups in total. The highest BCUT2D eigenvalue weighted by Gasteiger charge is 2.56. The molecule has 0 bridgehead atoms. The number of thiophene rings is 1. The lowest BCUT2D eigenvalue weighted by molar-refractivity contribution is -0.321. The number of halogens is 7. The summed E-state index contributed by atoms with van der Waals surface area (Å²) in [6, 6.07) is 1.98. The van der Waals surface area contributed by atoms with E-state index in [0.717, 1.165) is 30.6 Å². The molecule has 4 rings (SSSR count). The van der Waals surface area contributed by atoms with Crippen LogP contribution >= 0.6 is 11.3 Å². The molecule has 11 heteroatoms. The van der Waals surface area contributed by atoms with Crippen LogP contribution in [0.15, 0.2) is 6.07 Å². The van der Waals surface area contributed by atoms with E-state index in [1.54, 1.807) is 0 Å². The average Bonchev–Trinajstić information content (AvgIpc) is 3.24. The van der Waals surface area contributed by atoms with Crippen LogP contribution in [0.5, 0.6) is 0 Å². The molecule has 3 nitrogen and oxygen atoms in total. The van der Waals surface area contributed by atoms with E-state index in [9.17, 15) is 30.7 Å². The molecular weight excluding hydrogens is 489 g/mol. The van der Waals surface area contributed by atoms with Gasteiger partial charge in [-0.2, -0.15) is 8.78 Å². The molecule has 34 heavy (non-hydrogen) atoms. The van der Waals surface area contributed by atoms with Crippen molar-refractivity contribution in [2.75, 3.05) is 0 Å². The Kier molecular flexibility index (Phi) is 9.86. The van der Waals surface area contributed by atoms with E-state index in [4.69, 9.17) is 0 Å². The third-order valence-electron chi connectivity index (χ3n) is 7.18. The zero-order valence-corrected chi connectivity index (χ0v) is 19.7. The smallest absolute Gasteiger partial charge is 0.364 e. The summed E-state index contributed by atoms with van der Waals surface area (Å²) in [4.78, 5) is 2.06. The van der Waals surface area contributed by atoms with Gasteiger partial charge in [0.25, 0.3) is 0 Å². The zero-order chi connectivity index (χ0) is 23.2. The molecule has 0 radical (unpaired) electrons. The molecule has 198 valence electrons. The van der Waals surface area contributed by atoms with Gasteiger partial charge >= 0.3 is 6.11 Å². The van der Waals surface area contributed by atoms with Gasteiger partial charge < -0.3 is 15.7 Å². The van der Waals surface area contributed by atoms with Crippen molar-refractivity contribution in [1.29, 1.82) is 0 Å². The highest BCUT2D eigenvalue weighted by atomic mass is 32.1. The molecule has 3 aliphatic rings. The number of fused-ring (bicyclic) bond motifs is 1. The Hall–Kier alpha value is -0.910. The fourth-order valence-electron chi connectivity index (χ4n) is 5.59. The summed E-state index contributed by atoms with van der Waals surface area (Å²) in [7, 11) is 0. The Bertz CT molecular complexity index is 747. The monoisotopic (exact) mass is 522 g/mol. The topological polar surface area (TPSA) is 72.2 Å². The summed E-state index contributed by atoms with van der Waals surface area (Å²) in [5.41, 5.74) is 1.20. The van der Waals surface area contributed by atoms with Crippen molar-refractivity contribution in [3.05, 3.63) is 21.4 Å². The van der Waals surface area contributed by atoms with Crippen molar-refractivity contribution in [2.45, 2.75) is 107 Å². The lowest BCUT2D eigenvalue weighted by Crippen LogP contribution is -2.51. The minimum Gasteiger partial charge on any atom is -0.412 e. The fourth-order valence-corrected chi connectivity index (χ4v) is 7.03. The molecule has 2 saturated carbocycles. The minimum absolute atomic E-state index is 0. The van der Waals surface area contributed by atoms with Crippen LogP contribution in [-0.4, -0.2) is 54.0 Å². The van der Waals surface area contributed by atoms with Crippen molar-refractivity contribution < 1.29 is 46.4 Å². The second kappa shape index (κ2) is 11.4. The third-order valence-corrected chi connectivity index (χ3v) is 8.54. The SMILES string of the molecule is CCCC1Cc2cc(C3CC(F)C(C(F)(F)OC4CC(F)C(F)C(F)C4)C(F)C3)sc2C1.O.O. The quantitative estimate of drug-likeness (QED) is 0.451. The van der Waals surface area contributed by atoms with E-state index in [1.807, 2.05) is 6.07 Å². The molecule has 1 aromatic rings. The molecule has 0 spiro atoms. The Morgan fingerprint density at radius 3 is 2.03 bits per heavy atom. The lowest BCUT2D eigenvalue weighted by atomic mass is 9.77. The first-order valence-corrected chi connectivity index (χ1v) is 12.3. The van der Waals surface area contributed by atoms with Crippen LogP contribution in [0.2, 0.25) is 0 Å². The second-order valence-corrected chi connectivity index (χ2v) is 10.8. The van der Waals surface area contributed by atoms with E-state index < -0.39 is 67.7 Å². The van der Waals surface area contributed by atoms with E-state index in [2.05, 4.69) is 11.7 Å². The van der Waals surface area contributed by atoms with Gasteiger partial charge in [0.15, 0.2) is 6.17 Å². The standard InChI is InChI=1S/C23H29F7OS.2H2O/c1-2-3-11-4-12-8-20(32-19(12)5-11)13-6-15(24)21(16(25)7-13)23(29,30)31-14-9-17(26)22(28)18(27)10-14;;/h8,11,13-18,21-22H,2-7,9-10H2,1H3;2*1H2. The molecule has 5 unspecified atom stereocenters. The zero-order valence-electron chi connectivity index (χ0n) is 18.9. The molecule has 0 aromatic carbocycles. The fraction of sp³-hybridized carbons (Fsp3) is 0.826. The van der Waals surface area contributed by atoms with Crippen molar-refractivity contribution >= 4 is 11.3 Å². The molecule has 5 atom stereocenters. The number of hydrogen-bond acceptors (Lipinski definition) is 2. The summed E-state index contributed by atoms with van der Waals surface area (Å²) in [5, 5.41) is 0. The number of alkyl halides is 7. The minimum atomic E-state index is -4.23. The molecule has 2 fully saturated rings. The molecule has 0 aliphatic heterocycles. The Balaban J connectivity index is 0.00000204. The largest absolute Gasteiger partial charge is 0.412 e. The van der Waals surface area contributed by atoms with Gasteiger partial charge in [-0.1, -0.05) is 19.8 Å². The summed E-state index contributed by atoms with van der Waals surface area (Å²) >= 11 is 1.53. The van der Waals surface area contributed by atoms with Crippen molar-refractivity contribution in [3.63, 3.8) is 0 Å². The summed E-state index contributed by atoms with van der Waals surface area (Å²) in [6.45, 7) is 2.14. The van der Waals surface area contributed by atoms with Gasteiger partial charge in [0.1, 0.15) is 30.6 Å². The highest BCUT2D eigenvalue weighted by molar-refractivity contribution is 7.12. The van der Waals surface area contributed by atoms with Crippen LogP contribution in [0.1, 0.15) is 66.7 Å². The first kappa shape index (κ1) is 29.3. The molecule has 1 heterocycles. The van der Waals surface area contributed by atoms with Crippen LogP contribution in [-0.2, 0) is 17.6 Å². The van der Waals surface area contributed by atoms with Gasteiger partial charge in [0, 0.05) is 22.6 Å². The Morgan fingerprint density at radius 2 is 1.50 bits per heavy atom. The normalized spacial score (nSPS) is 38.1. The maximum Gasteiger partial charge on any atom is 0.364 e. The molecule has 0 amide bonds. The van der Waals surface area contributed by atoms with Crippen molar-refractivity contribution in [3.8, 4) is 0 Å². The van der Waals surface area contributed by atoms with Gasteiger partial charge in [-0.05, 0) is 49.1 Å². The third kappa shape index (κ3) is 5.90. The predicted octanol–water partition coefficient (Wildman–Crippen LogP) is 5.57. The number of hydrogen-bond donors (Lipinski definition) is 0. The van der Waals surface area contributed by atoms with E-state index in [0.29, 0.717) is 5.92 Å². The van der Waals surface area contributed by atoms with Crippen LogP contribution in [0.4, 0.5) is 30.7 Å². The van der Waals surface area contributed by atoms with Crippen molar-refractivity contribution in [2.24, 2.45) is 11.8 Å². The molecule has 3 aliphatic carbocycles. The molecule has 1 aromatic heterocycles. The van der Waals surface area contributed by atoms with Gasteiger partial charge in [0.2, 0.25) is 0 Å². The van der Waals surface area contributed by atoms with Crippen LogP contribution in [0.3, 0.4) is 0 Å². The maximum atomic E-state index is 14.9. The summed E-state index contributed by atoms with van der Waals surface area (Å²) in [6.07, 6.45) is -15.0. The first-order valence-electron chi connectivity index (χ1n) is 11.5. The predicted molar refractivity (Wildman–Crippen MR) is 116 cm³/mol. The second-order valence-electron chi connectivity index (χ2n) is 9.64. The maximum absolute atomic E-state index is 14.9. The van der Waals surface area contributed by atoms with Crippen LogP contribution < -0.4 is 0 Å². The van der Waals surface area contributed by atoms with Gasteiger partial charge in [0.05, 0.1) is 6.10 Å². The van der Waals surface area contributed by atoms with E-state index in [1.165, 1.54) is 21.8 Å². The van der Waals surface area contributed by atoms with Gasteiger partial charge in [-0.3, -0.25) is 0 Å². The van der Waals surface area contributed by atoms with Crippen molar-refractivity contribution in [1.82, 2.24) is 0 Å². The molecule has 0 saturated heterocycles. The number of ether oxygens (including phenoxy) is 1. The van der Waals surface area contributed by atoms with E-state index >= 15 is 0 Å². The Labute approximate surface area is 198 Å². The van der Waals surface area contributed by atoms with Gasteiger partial charge in [-0.25, -0.2) is 22.0 Å². The lowest BCUT2D eigenvalue weighted by Gasteiger charge is -2.40. The number of rotatable bonds is 6.